The third-order valence-electron chi connectivity index (χ3n) is 5.54. The second-order valence-electron chi connectivity index (χ2n) is 8.40. The predicted octanol–water partition coefficient (Wildman–Crippen LogP) is 5.99. The first-order valence-corrected chi connectivity index (χ1v) is 14.0. The lowest BCUT2D eigenvalue weighted by Gasteiger charge is -2.25. The molecule has 3 aromatic carbocycles. The van der Waals surface area contributed by atoms with Crippen molar-refractivity contribution in [1.82, 2.24) is 5.32 Å². The Bertz CT molecular complexity index is 1210. The van der Waals surface area contributed by atoms with Gasteiger partial charge < -0.3 is 24.8 Å². The first kappa shape index (κ1) is 28.4. The van der Waals surface area contributed by atoms with Gasteiger partial charge in [0.2, 0.25) is 13.7 Å². The van der Waals surface area contributed by atoms with Crippen molar-refractivity contribution < 1.29 is 33.6 Å². The van der Waals surface area contributed by atoms with E-state index >= 15 is 0 Å². The molecule has 0 heterocycles. The van der Waals surface area contributed by atoms with Crippen LogP contribution in [0.1, 0.15) is 35.8 Å². The fourth-order valence-corrected chi connectivity index (χ4v) is 5.54. The Labute approximate surface area is 220 Å². The number of benzene rings is 3. The quantitative estimate of drug-likeness (QED) is 0.178. The summed E-state index contributed by atoms with van der Waals surface area (Å²) in [6.45, 7) is 0.161. The van der Waals surface area contributed by atoms with Gasteiger partial charge in [-0.2, -0.15) is 0 Å². The Morgan fingerprint density at radius 1 is 0.946 bits per heavy atom. The minimum atomic E-state index is -4.03. The number of aryl methyl sites for hydroxylation is 1. The van der Waals surface area contributed by atoms with Crippen molar-refractivity contribution >= 4 is 31.0 Å². The Balaban J connectivity index is 1.70. The zero-order chi connectivity index (χ0) is 26.7. The number of halogens is 1. The van der Waals surface area contributed by atoms with Crippen molar-refractivity contribution in [2.45, 2.75) is 37.9 Å². The first-order chi connectivity index (χ1) is 17.7. The summed E-state index contributed by atoms with van der Waals surface area (Å²) >= 11 is 5.99. The van der Waals surface area contributed by atoms with Crippen LogP contribution in [0.25, 0.3) is 0 Å². The van der Waals surface area contributed by atoms with Gasteiger partial charge in [0.25, 0.3) is 0 Å². The fourth-order valence-electron chi connectivity index (χ4n) is 3.59. The second-order valence-corrected chi connectivity index (χ2v) is 11.4. The summed E-state index contributed by atoms with van der Waals surface area (Å²) in [6.07, 6.45) is -2.68. The molecule has 0 fully saturated rings. The van der Waals surface area contributed by atoms with Gasteiger partial charge in [0.05, 0.1) is 6.61 Å². The van der Waals surface area contributed by atoms with Crippen LogP contribution in [0.4, 0.5) is 4.79 Å². The molecule has 1 amide bonds. The van der Waals surface area contributed by atoms with E-state index in [1.165, 1.54) is 0 Å². The SMILES string of the molecule is O=C(O)CCC(NC(=O)OC(OCc1ccccc1)c1ccccc1)P(=O)(O)CCc1cccc(Cl)c1. The number of carbonyl (C=O) groups is 2. The number of aliphatic carboxylic acids is 1. The molecule has 196 valence electrons. The molecule has 3 rings (SSSR count). The predicted molar refractivity (Wildman–Crippen MR) is 141 cm³/mol. The van der Waals surface area contributed by atoms with Crippen molar-refractivity contribution in [1.29, 1.82) is 0 Å². The van der Waals surface area contributed by atoms with Crippen LogP contribution in [0.3, 0.4) is 0 Å². The smallest absolute Gasteiger partial charge is 0.410 e. The summed E-state index contributed by atoms with van der Waals surface area (Å²) in [4.78, 5) is 34.8. The standard InChI is InChI=1S/C27H29ClNO7P/c28-23-13-7-10-20(18-23)16-17-37(33,34)24(14-15-25(30)31)29-27(32)36-26(22-11-5-2-6-12-22)35-19-21-8-3-1-4-9-21/h1-13,18,24,26H,14-17,19H2,(H,29,32)(H,30,31)(H,33,34). The molecule has 3 N–H and O–H groups in total. The molecule has 0 spiro atoms. The van der Waals surface area contributed by atoms with Crippen LogP contribution in [-0.2, 0) is 31.9 Å². The van der Waals surface area contributed by atoms with Crippen LogP contribution in [0.5, 0.6) is 0 Å². The normalized spacial score (nSPS) is 14.2. The fraction of sp³-hybridized carbons (Fsp3) is 0.259. The van der Waals surface area contributed by atoms with Gasteiger partial charge in [0.15, 0.2) is 0 Å². The highest BCUT2D eigenvalue weighted by Gasteiger charge is 2.33. The zero-order valence-corrected chi connectivity index (χ0v) is 21.7. The number of alkyl carbamates (subject to hydrolysis) is 1. The van der Waals surface area contributed by atoms with Gasteiger partial charge in [-0.25, -0.2) is 4.79 Å². The number of rotatable bonds is 13. The molecule has 0 aromatic heterocycles. The average molecular weight is 546 g/mol. The Morgan fingerprint density at radius 3 is 2.24 bits per heavy atom. The van der Waals surface area contributed by atoms with Crippen LogP contribution >= 0.6 is 19.0 Å². The molecule has 37 heavy (non-hydrogen) atoms. The van der Waals surface area contributed by atoms with E-state index in [0.717, 1.165) is 11.1 Å². The summed E-state index contributed by atoms with van der Waals surface area (Å²) in [5.74, 6) is -2.47. The maximum Gasteiger partial charge on any atom is 0.410 e. The van der Waals surface area contributed by atoms with E-state index in [4.69, 9.17) is 26.2 Å². The number of nitrogens with one attached hydrogen (secondary N) is 1. The Morgan fingerprint density at radius 2 is 1.59 bits per heavy atom. The lowest BCUT2D eigenvalue weighted by Crippen LogP contribution is -2.37. The molecule has 0 radical (unpaired) electrons. The molecule has 10 heteroatoms. The molecule has 3 aromatic rings. The molecule has 0 aliphatic heterocycles. The number of hydrogen-bond donors (Lipinski definition) is 3. The van der Waals surface area contributed by atoms with Crippen LogP contribution in [-0.4, -0.2) is 34.0 Å². The van der Waals surface area contributed by atoms with E-state index in [-0.39, 0.29) is 25.6 Å². The molecule has 0 saturated heterocycles. The average Bonchev–Trinajstić information content (AvgIpc) is 2.89. The van der Waals surface area contributed by atoms with Gasteiger partial charge in [-0.15, -0.1) is 0 Å². The first-order valence-electron chi connectivity index (χ1n) is 11.7. The van der Waals surface area contributed by atoms with E-state index in [0.29, 0.717) is 10.6 Å². The van der Waals surface area contributed by atoms with Crippen molar-refractivity contribution in [3.8, 4) is 0 Å². The molecule has 0 aliphatic rings. The Hall–Kier alpha value is -3.16. The van der Waals surface area contributed by atoms with Crippen molar-refractivity contribution in [3.05, 3.63) is 107 Å². The molecule has 0 aliphatic carbocycles. The van der Waals surface area contributed by atoms with Gasteiger partial charge in [-0.3, -0.25) is 9.36 Å². The van der Waals surface area contributed by atoms with E-state index < -0.39 is 37.9 Å². The third-order valence-corrected chi connectivity index (χ3v) is 8.00. The number of hydrogen-bond acceptors (Lipinski definition) is 5. The molecular formula is C27H29ClNO7P. The maximum absolute atomic E-state index is 13.2. The number of amides is 1. The van der Waals surface area contributed by atoms with Gasteiger partial charge in [0, 0.05) is 23.2 Å². The van der Waals surface area contributed by atoms with Crippen molar-refractivity contribution in [2.75, 3.05) is 6.16 Å². The molecule has 0 bridgehead atoms. The van der Waals surface area contributed by atoms with E-state index in [1.807, 2.05) is 36.4 Å². The van der Waals surface area contributed by atoms with Gasteiger partial charge in [-0.1, -0.05) is 84.4 Å². The summed E-state index contributed by atoms with van der Waals surface area (Å²) in [5, 5.41) is 12.0. The number of carboxylic acid groups (broad SMARTS) is 1. The summed E-state index contributed by atoms with van der Waals surface area (Å²) in [5.41, 5.74) is 2.19. The van der Waals surface area contributed by atoms with Crippen LogP contribution in [0.2, 0.25) is 5.02 Å². The minimum absolute atomic E-state index is 0.161. The largest absolute Gasteiger partial charge is 0.481 e. The highest BCUT2D eigenvalue weighted by atomic mass is 35.5. The number of carbonyl (C=O) groups excluding carboxylic acids is 1. The molecule has 3 unspecified atom stereocenters. The van der Waals surface area contributed by atoms with Crippen LogP contribution in [0, 0.1) is 0 Å². The second kappa shape index (κ2) is 14.0. The monoisotopic (exact) mass is 545 g/mol. The van der Waals surface area contributed by atoms with E-state index in [1.54, 1.807) is 48.5 Å². The summed E-state index contributed by atoms with van der Waals surface area (Å²) < 4.78 is 24.6. The lowest BCUT2D eigenvalue weighted by atomic mass is 10.2. The summed E-state index contributed by atoms with van der Waals surface area (Å²) in [6, 6.07) is 25.0. The van der Waals surface area contributed by atoms with Gasteiger partial charge >= 0.3 is 12.1 Å². The van der Waals surface area contributed by atoms with Crippen molar-refractivity contribution in [3.63, 3.8) is 0 Å². The number of carboxylic acids is 1. The molecule has 0 saturated carbocycles. The van der Waals surface area contributed by atoms with E-state index in [9.17, 15) is 19.0 Å². The topological polar surface area (TPSA) is 122 Å². The third kappa shape index (κ3) is 9.67. The molecular weight excluding hydrogens is 517 g/mol. The molecule has 8 nitrogen and oxygen atoms in total. The van der Waals surface area contributed by atoms with E-state index in [2.05, 4.69) is 5.32 Å². The molecule has 3 atom stereocenters. The van der Waals surface area contributed by atoms with Crippen LogP contribution < -0.4 is 5.32 Å². The zero-order valence-electron chi connectivity index (χ0n) is 20.0. The van der Waals surface area contributed by atoms with Crippen molar-refractivity contribution in [2.24, 2.45) is 0 Å². The highest BCUT2D eigenvalue weighted by Crippen LogP contribution is 2.47. The van der Waals surface area contributed by atoms with Gasteiger partial charge in [0.1, 0.15) is 5.78 Å². The lowest BCUT2D eigenvalue weighted by molar-refractivity contribution is -0.137. The highest BCUT2D eigenvalue weighted by molar-refractivity contribution is 7.58. The Kier molecular flexibility index (Phi) is 10.7. The van der Waals surface area contributed by atoms with Crippen LogP contribution in [0.15, 0.2) is 84.9 Å². The summed E-state index contributed by atoms with van der Waals surface area (Å²) in [7, 11) is -4.03. The number of ether oxygens (including phenoxy) is 2. The maximum atomic E-state index is 13.2. The minimum Gasteiger partial charge on any atom is -0.481 e. The van der Waals surface area contributed by atoms with Gasteiger partial charge in [-0.05, 0) is 36.1 Å².